The monoisotopic (exact) mass is 361 g/mol. The van der Waals surface area contributed by atoms with Crippen LogP contribution in [0, 0.1) is 0 Å². The zero-order valence-electron chi connectivity index (χ0n) is 15.7. The van der Waals surface area contributed by atoms with Crippen molar-refractivity contribution in [3.8, 4) is 5.75 Å². The summed E-state index contributed by atoms with van der Waals surface area (Å²) < 4.78 is 5.60. The van der Waals surface area contributed by atoms with Gasteiger partial charge in [-0.2, -0.15) is 0 Å². The molecule has 1 N–H and O–H groups in total. The van der Waals surface area contributed by atoms with E-state index in [1.165, 1.54) is 0 Å². The number of hydrogen-bond donors (Lipinski definition) is 1. The first-order valence-corrected chi connectivity index (χ1v) is 8.86. The second-order valence-electron chi connectivity index (χ2n) is 6.44. The lowest BCUT2D eigenvalue weighted by atomic mass is 10.2. The summed E-state index contributed by atoms with van der Waals surface area (Å²) in [5.74, 6) is 1.35. The molecule has 0 radical (unpaired) electrons. The number of nitrogens with one attached hydrogen (secondary N) is 1. The molecule has 0 atom stereocenters. The molecular formula is C22H23N3O2. The second-order valence-corrected chi connectivity index (χ2v) is 6.44. The summed E-state index contributed by atoms with van der Waals surface area (Å²) in [6.45, 7) is 3.95. The number of rotatable bonds is 6. The molecule has 0 unspecified atom stereocenters. The fourth-order valence-electron chi connectivity index (χ4n) is 2.59. The molecule has 138 valence electrons. The number of aromatic nitrogens is 1. The molecule has 5 nitrogen and oxygen atoms in total. The van der Waals surface area contributed by atoms with Crippen LogP contribution in [0.1, 0.15) is 24.2 Å². The second kappa shape index (κ2) is 8.36. The Bertz CT molecular complexity index is 876. The smallest absolute Gasteiger partial charge is 0.257 e. The normalized spacial score (nSPS) is 10.5. The third kappa shape index (κ3) is 4.85. The Balaban J connectivity index is 1.65. The quantitative estimate of drug-likeness (QED) is 0.679. The lowest BCUT2D eigenvalue weighted by molar-refractivity contribution is 0.102. The predicted octanol–water partition coefficient (Wildman–Crippen LogP) is 4.89. The van der Waals surface area contributed by atoms with Crippen molar-refractivity contribution in [3.63, 3.8) is 0 Å². The highest BCUT2D eigenvalue weighted by atomic mass is 16.5. The minimum Gasteiger partial charge on any atom is -0.491 e. The summed E-state index contributed by atoms with van der Waals surface area (Å²) in [4.78, 5) is 18.8. The SMILES string of the molecule is CC(C)Oc1ccc(NC(=O)c2ccc(N(C)c3ccccc3)nc2)cc1. The predicted molar refractivity (Wildman–Crippen MR) is 109 cm³/mol. The number of carbonyl (C=O) groups is 1. The molecule has 0 aliphatic carbocycles. The Morgan fingerprint density at radius 1 is 1.00 bits per heavy atom. The van der Waals surface area contributed by atoms with Crippen LogP contribution in [0.5, 0.6) is 5.75 Å². The highest BCUT2D eigenvalue weighted by Gasteiger charge is 2.10. The van der Waals surface area contributed by atoms with Crippen molar-refractivity contribution in [3.05, 3.63) is 78.5 Å². The molecule has 5 heteroatoms. The zero-order chi connectivity index (χ0) is 19.2. The summed E-state index contributed by atoms with van der Waals surface area (Å²) in [6.07, 6.45) is 1.70. The van der Waals surface area contributed by atoms with Gasteiger partial charge in [-0.1, -0.05) is 18.2 Å². The Hall–Kier alpha value is -3.34. The fourth-order valence-corrected chi connectivity index (χ4v) is 2.59. The molecule has 1 amide bonds. The Labute approximate surface area is 159 Å². The number of ether oxygens (including phenoxy) is 1. The van der Waals surface area contributed by atoms with Crippen molar-refractivity contribution in [1.82, 2.24) is 4.98 Å². The van der Waals surface area contributed by atoms with Crippen molar-refractivity contribution in [2.45, 2.75) is 20.0 Å². The van der Waals surface area contributed by atoms with Gasteiger partial charge in [-0.3, -0.25) is 4.79 Å². The topological polar surface area (TPSA) is 54.5 Å². The number of amides is 1. The molecule has 0 saturated carbocycles. The van der Waals surface area contributed by atoms with Gasteiger partial charge in [-0.15, -0.1) is 0 Å². The van der Waals surface area contributed by atoms with Crippen LogP contribution in [-0.2, 0) is 0 Å². The van der Waals surface area contributed by atoms with Gasteiger partial charge >= 0.3 is 0 Å². The standard InChI is InChI=1S/C22H23N3O2/c1-16(2)27-20-12-10-18(11-13-20)24-22(26)17-9-14-21(23-15-17)25(3)19-7-5-4-6-8-19/h4-16H,1-3H3,(H,24,26). The molecule has 0 aliphatic heterocycles. The Morgan fingerprint density at radius 2 is 1.70 bits per heavy atom. The number of carbonyl (C=O) groups excluding carboxylic acids is 1. The van der Waals surface area contributed by atoms with E-state index < -0.39 is 0 Å². The Morgan fingerprint density at radius 3 is 2.30 bits per heavy atom. The number of pyridine rings is 1. The van der Waals surface area contributed by atoms with E-state index >= 15 is 0 Å². The van der Waals surface area contributed by atoms with Crippen molar-refractivity contribution < 1.29 is 9.53 Å². The molecule has 1 aromatic heterocycles. The van der Waals surface area contributed by atoms with Gasteiger partial charge in [0.1, 0.15) is 11.6 Å². The number of benzene rings is 2. The highest BCUT2D eigenvalue weighted by Crippen LogP contribution is 2.21. The lowest BCUT2D eigenvalue weighted by Crippen LogP contribution is -2.14. The minimum atomic E-state index is -0.200. The lowest BCUT2D eigenvalue weighted by Gasteiger charge is -2.18. The number of nitrogens with zero attached hydrogens (tertiary/aromatic N) is 2. The van der Waals surface area contributed by atoms with Crippen LogP contribution < -0.4 is 15.0 Å². The van der Waals surface area contributed by atoms with Gasteiger partial charge in [0.2, 0.25) is 0 Å². The van der Waals surface area contributed by atoms with Crippen molar-refractivity contribution in [1.29, 1.82) is 0 Å². The van der Waals surface area contributed by atoms with E-state index in [-0.39, 0.29) is 12.0 Å². The van der Waals surface area contributed by atoms with Gasteiger partial charge in [-0.25, -0.2) is 4.98 Å². The van der Waals surface area contributed by atoms with Crippen molar-refractivity contribution in [2.24, 2.45) is 0 Å². The van der Waals surface area contributed by atoms with Crippen LogP contribution in [0.3, 0.4) is 0 Å². The summed E-state index contributed by atoms with van der Waals surface area (Å²) in [7, 11) is 1.94. The number of hydrogen-bond acceptors (Lipinski definition) is 4. The van der Waals surface area contributed by atoms with Gasteiger partial charge in [0, 0.05) is 24.6 Å². The van der Waals surface area contributed by atoms with Crippen LogP contribution in [-0.4, -0.2) is 24.0 Å². The van der Waals surface area contributed by atoms with Crippen molar-refractivity contribution >= 4 is 23.1 Å². The van der Waals surface area contributed by atoms with Crippen LogP contribution in [0.25, 0.3) is 0 Å². The van der Waals surface area contributed by atoms with Gasteiger partial charge < -0.3 is 15.0 Å². The van der Waals surface area contributed by atoms with Gasteiger partial charge in [0.25, 0.3) is 5.91 Å². The molecule has 2 aromatic carbocycles. The number of para-hydroxylation sites is 1. The summed E-state index contributed by atoms with van der Waals surface area (Å²) >= 11 is 0. The maximum atomic E-state index is 12.4. The zero-order valence-corrected chi connectivity index (χ0v) is 15.7. The third-order valence-corrected chi connectivity index (χ3v) is 3.98. The minimum absolute atomic E-state index is 0.115. The summed E-state index contributed by atoms with van der Waals surface area (Å²) in [6, 6.07) is 20.9. The van der Waals surface area contributed by atoms with E-state index in [4.69, 9.17) is 4.74 Å². The van der Waals surface area contributed by atoms with E-state index in [0.717, 1.165) is 17.3 Å². The first kappa shape index (κ1) is 18.5. The van der Waals surface area contributed by atoms with Crippen LogP contribution >= 0.6 is 0 Å². The molecule has 3 rings (SSSR count). The summed E-state index contributed by atoms with van der Waals surface area (Å²) in [5, 5.41) is 2.87. The Kier molecular flexibility index (Phi) is 5.71. The summed E-state index contributed by atoms with van der Waals surface area (Å²) in [5.41, 5.74) is 2.25. The molecule has 0 aliphatic rings. The molecule has 3 aromatic rings. The average Bonchev–Trinajstić information content (AvgIpc) is 2.69. The largest absolute Gasteiger partial charge is 0.491 e. The van der Waals surface area contributed by atoms with Crippen molar-refractivity contribution in [2.75, 3.05) is 17.3 Å². The number of anilines is 3. The molecular weight excluding hydrogens is 338 g/mol. The molecule has 1 heterocycles. The molecule has 0 fully saturated rings. The van der Waals surface area contributed by atoms with Gasteiger partial charge in [-0.05, 0) is 62.4 Å². The maximum Gasteiger partial charge on any atom is 0.257 e. The van der Waals surface area contributed by atoms with Crippen LogP contribution in [0.2, 0.25) is 0 Å². The first-order chi connectivity index (χ1) is 13.0. The van der Waals surface area contributed by atoms with E-state index in [1.807, 2.05) is 86.5 Å². The average molecular weight is 361 g/mol. The highest BCUT2D eigenvalue weighted by molar-refractivity contribution is 6.04. The van der Waals surface area contributed by atoms with E-state index in [1.54, 1.807) is 12.3 Å². The fraction of sp³-hybridized carbons (Fsp3) is 0.182. The van der Waals surface area contributed by atoms with Gasteiger partial charge in [0.15, 0.2) is 0 Å². The van der Waals surface area contributed by atoms with Crippen LogP contribution in [0.4, 0.5) is 17.2 Å². The molecule has 0 spiro atoms. The molecule has 0 bridgehead atoms. The van der Waals surface area contributed by atoms with E-state index in [2.05, 4.69) is 10.3 Å². The van der Waals surface area contributed by atoms with E-state index in [9.17, 15) is 4.79 Å². The molecule has 0 saturated heterocycles. The van der Waals surface area contributed by atoms with Crippen LogP contribution in [0.15, 0.2) is 72.9 Å². The first-order valence-electron chi connectivity index (χ1n) is 8.86. The van der Waals surface area contributed by atoms with E-state index in [0.29, 0.717) is 11.3 Å². The van der Waals surface area contributed by atoms with Gasteiger partial charge in [0.05, 0.1) is 11.7 Å². The third-order valence-electron chi connectivity index (χ3n) is 3.98. The maximum absolute atomic E-state index is 12.4. The molecule has 27 heavy (non-hydrogen) atoms.